The van der Waals surface area contributed by atoms with E-state index in [4.69, 9.17) is 18.3 Å². The molecule has 3 heterocycles. The van der Waals surface area contributed by atoms with Gasteiger partial charge in [0.05, 0.1) is 18.4 Å². The molecule has 0 unspecified atom stereocenters. The fourth-order valence-electron chi connectivity index (χ4n) is 5.40. The van der Waals surface area contributed by atoms with Crippen molar-refractivity contribution in [3.63, 3.8) is 0 Å². The highest BCUT2D eigenvalue weighted by Gasteiger charge is 2.28. The minimum Gasteiger partial charge on any atom is -0.486 e. The number of ether oxygens (including phenoxy) is 2. The number of carbonyl (C=O) groups excluding carboxylic acids is 2. The first-order valence-electron chi connectivity index (χ1n) is 13.0. The van der Waals surface area contributed by atoms with E-state index in [9.17, 15) is 9.59 Å². The zero-order valence-electron chi connectivity index (χ0n) is 22.1. The van der Waals surface area contributed by atoms with Crippen molar-refractivity contribution in [3.05, 3.63) is 75.9 Å². The lowest BCUT2D eigenvalue weighted by molar-refractivity contribution is -0.120. The SMILES string of the molecule is Cc1cc(C)c2c(CC(=O)N/N=C3\CCCc4oc(C(=O)Nc5ccc6c(c5)OCCO6)c(C)c43)coc2c1. The van der Waals surface area contributed by atoms with Crippen molar-refractivity contribution in [1.82, 2.24) is 5.43 Å². The summed E-state index contributed by atoms with van der Waals surface area (Å²) in [6, 6.07) is 9.31. The van der Waals surface area contributed by atoms with Crippen LogP contribution in [0.25, 0.3) is 11.0 Å². The third kappa shape index (κ3) is 4.76. The second kappa shape index (κ2) is 9.98. The van der Waals surface area contributed by atoms with Crippen LogP contribution in [0.1, 0.15) is 57.0 Å². The number of hydrogen-bond acceptors (Lipinski definition) is 7. The lowest BCUT2D eigenvalue weighted by atomic mass is 9.93. The molecule has 2 aliphatic rings. The Balaban J connectivity index is 1.18. The average molecular weight is 528 g/mol. The van der Waals surface area contributed by atoms with Crippen LogP contribution in [-0.4, -0.2) is 30.7 Å². The first-order chi connectivity index (χ1) is 18.9. The fourth-order valence-corrected chi connectivity index (χ4v) is 5.40. The van der Waals surface area contributed by atoms with Crippen LogP contribution in [0, 0.1) is 20.8 Å². The molecule has 0 spiro atoms. The second-order valence-corrected chi connectivity index (χ2v) is 10.0. The molecular formula is C30H29N3O6. The number of nitrogens with one attached hydrogen (secondary N) is 2. The number of carbonyl (C=O) groups is 2. The monoisotopic (exact) mass is 527 g/mol. The maximum Gasteiger partial charge on any atom is 0.291 e. The van der Waals surface area contributed by atoms with Crippen molar-refractivity contribution in [2.24, 2.45) is 5.10 Å². The summed E-state index contributed by atoms with van der Waals surface area (Å²) in [7, 11) is 0. The van der Waals surface area contributed by atoms with Crippen LogP contribution >= 0.6 is 0 Å². The van der Waals surface area contributed by atoms with Gasteiger partial charge < -0.3 is 23.6 Å². The molecule has 2 N–H and O–H groups in total. The van der Waals surface area contributed by atoms with Gasteiger partial charge in [0, 0.05) is 40.3 Å². The molecule has 0 atom stereocenters. The number of anilines is 1. The zero-order valence-corrected chi connectivity index (χ0v) is 22.1. The summed E-state index contributed by atoms with van der Waals surface area (Å²) >= 11 is 0. The highest BCUT2D eigenvalue weighted by Crippen LogP contribution is 2.34. The summed E-state index contributed by atoms with van der Waals surface area (Å²) in [5.41, 5.74) is 9.24. The van der Waals surface area contributed by atoms with Gasteiger partial charge in [-0.05, 0) is 62.9 Å². The lowest BCUT2D eigenvalue weighted by Gasteiger charge is -2.18. The molecule has 1 aliphatic heterocycles. The average Bonchev–Trinajstić information content (AvgIpc) is 3.48. The van der Waals surface area contributed by atoms with E-state index in [1.165, 1.54) is 0 Å². The van der Waals surface area contributed by atoms with Gasteiger partial charge in [-0.3, -0.25) is 9.59 Å². The summed E-state index contributed by atoms with van der Waals surface area (Å²) in [6.07, 6.45) is 3.95. The standard InChI is InChI=1S/C30H29N3O6/c1-16-11-17(2)27-19(15-38-25(27)12-16)13-26(34)33-32-21-5-4-6-23-28(21)18(3)29(39-23)30(35)31-20-7-8-22-24(14-20)37-10-9-36-22/h7-8,11-12,14-15H,4-6,9-10,13H2,1-3H3,(H,31,35)(H,33,34)/b32-21+. The minimum absolute atomic E-state index is 0.147. The van der Waals surface area contributed by atoms with Gasteiger partial charge in [-0.25, -0.2) is 5.43 Å². The molecule has 0 bridgehead atoms. The van der Waals surface area contributed by atoms with Gasteiger partial charge in [0.2, 0.25) is 5.91 Å². The fraction of sp³-hybridized carbons (Fsp3) is 0.300. The maximum atomic E-state index is 13.1. The molecule has 0 radical (unpaired) electrons. The van der Waals surface area contributed by atoms with Crippen LogP contribution < -0.4 is 20.2 Å². The summed E-state index contributed by atoms with van der Waals surface area (Å²) < 4.78 is 22.8. The number of amides is 2. The van der Waals surface area contributed by atoms with Gasteiger partial charge in [-0.2, -0.15) is 5.10 Å². The number of hydrogen-bond donors (Lipinski definition) is 2. The van der Waals surface area contributed by atoms with Gasteiger partial charge in [-0.15, -0.1) is 0 Å². The topological polar surface area (TPSA) is 115 Å². The highest BCUT2D eigenvalue weighted by molar-refractivity contribution is 6.09. The summed E-state index contributed by atoms with van der Waals surface area (Å²) in [4.78, 5) is 26.0. The predicted molar refractivity (Wildman–Crippen MR) is 146 cm³/mol. The molecule has 1 aliphatic carbocycles. The Morgan fingerprint density at radius 3 is 2.67 bits per heavy atom. The van der Waals surface area contributed by atoms with Crippen molar-refractivity contribution in [2.45, 2.75) is 46.5 Å². The van der Waals surface area contributed by atoms with Crippen LogP contribution in [-0.2, 0) is 17.6 Å². The van der Waals surface area contributed by atoms with Crippen LogP contribution in [0.15, 0.2) is 50.5 Å². The highest BCUT2D eigenvalue weighted by atomic mass is 16.6. The van der Waals surface area contributed by atoms with Crippen molar-refractivity contribution < 1.29 is 27.9 Å². The Hall–Kier alpha value is -4.53. The molecule has 2 aromatic carbocycles. The molecule has 6 rings (SSSR count). The van der Waals surface area contributed by atoms with Crippen molar-refractivity contribution in [2.75, 3.05) is 18.5 Å². The predicted octanol–water partition coefficient (Wildman–Crippen LogP) is 5.37. The molecule has 9 nitrogen and oxygen atoms in total. The van der Waals surface area contributed by atoms with Crippen LogP contribution in [0.2, 0.25) is 0 Å². The van der Waals surface area contributed by atoms with Crippen LogP contribution in [0.5, 0.6) is 11.5 Å². The molecule has 39 heavy (non-hydrogen) atoms. The largest absolute Gasteiger partial charge is 0.486 e. The smallest absolute Gasteiger partial charge is 0.291 e. The molecule has 9 heteroatoms. The van der Waals surface area contributed by atoms with Crippen molar-refractivity contribution in [3.8, 4) is 11.5 Å². The van der Waals surface area contributed by atoms with Gasteiger partial charge in [0.15, 0.2) is 17.3 Å². The second-order valence-electron chi connectivity index (χ2n) is 10.0. The van der Waals surface area contributed by atoms with Gasteiger partial charge in [-0.1, -0.05) is 6.07 Å². The Morgan fingerprint density at radius 2 is 1.82 bits per heavy atom. The first kappa shape index (κ1) is 24.8. The van der Waals surface area contributed by atoms with Gasteiger partial charge in [0.25, 0.3) is 5.91 Å². The van der Waals surface area contributed by atoms with E-state index in [0.29, 0.717) is 60.3 Å². The number of furan rings is 2. The number of benzene rings is 2. The maximum absolute atomic E-state index is 13.1. The summed E-state index contributed by atoms with van der Waals surface area (Å²) in [6.45, 7) is 6.83. The number of nitrogens with zero attached hydrogens (tertiary/aromatic N) is 1. The Kier molecular flexibility index (Phi) is 6.34. The van der Waals surface area contributed by atoms with Gasteiger partial charge >= 0.3 is 0 Å². The lowest BCUT2D eigenvalue weighted by Crippen LogP contribution is -2.23. The Morgan fingerprint density at radius 1 is 1.00 bits per heavy atom. The minimum atomic E-state index is -0.362. The Labute approximate surface area is 225 Å². The van der Waals surface area contributed by atoms with Gasteiger partial charge in [0.1, 0.15) is 24.6 Å². The molecule has 0 saturated carbocycles. The summed E-state index contributed by atoms with van der Waals surface area (Å²) in [5, 5.41) is 8.30. The van der Waals surface area contributed by atoms with E-state index >= 15 is 0 Å². The van der Waals surface area contributed by atoms with E-state index in [2.05, 4.69) is 21.9 Å². The third-order valence-electron chi connectivity index (χ3n) is 7.09. The van der Waals surface area contributed by atoms with E-state index in [1.807, 2.05) is 26.8 Å². The molecule has 2 aromatic heterocycles. The van der Waals surface area contributed by atoms with E-state index in [-0.39, 0.29) is 24.0 Å². The normalized spacial score (nSPS) is 15.3. The van der Waals surface area contributed by atoms with E-state index < -0.39 is 0 Å². The van der Waals surface area contributed by atoms with E-state index in [0.717, 1.165) is 39.6 Å². The van der Waals surface area contributed by atoms with Crippen molar-refractivity contribution in [1.29, 1.82) is 0 Å². The number of fused-ring (bicyclic) bond motifs is 3. The first-order valence-corrected chi connectivity index (χ1v) is 13.0. The zero-order chi connectivity index (χ0) is 27.1. The molecule has 0 saturated heterocycles. The molecule has 4 aromatic rings. The third-order valence-corrected chi connectivity index (χ3v) is 7.09. The molecule has 200 valence electrons. The van der Waals surface area contributed by atoms with Crippen LogP contribution in [0.3, 0.4) is 0 Å². The molecular weight excluding hydrogens is 498 g/mol. The number of aryl methyl sites for hydroxylation is 3. The van der Waals surface area contributed by atoms with Crippen molar-refractivity contribution >= 4 is 34.2 Å². The van der Waals surface area contributed by atoms with Crippen LogP contribution in [0.4, 0.5) is 5.69 Å². The summed E-state index contributed by atoms with van der Waals surface area (Å²) in [5.74, 6) is 1.57. The van der Waals surface area contributed by atoms with E-state index in [1.54, 1.807) is 24.5 Å². The number of rotatable bonds is 5. The molecule has 2 amide bonds. The Bertz CT molecular complexity index is 1640. The number of hydrazone groups is 1. The quantitative estimate of drug-likeness (QED) is 0.337. The molecule has 0 fully saturated rings.